The average Bonchev–Trinajstić information content (AvgIpc) is 2.94. The second kappa shape index (κ2) is 23.2. The van der Waals surface area contributed by atoms with Crippen LogP contribution in [0.2, 0.25) is 0 Å². The highest BCUT2D eigenvalue weighted by Gasteiger charge is 2.40. The molecule has 1 fully saturated rings. The molecule has 0 aromatic heterocycles. The van der Waals surface area contributed by atoms with Gasteiger partial charge in [-0.1, -0.05) is 111 Å². The van der Waals surface area contributed by atoms with Crippen LogP contribution < -0.4 is 5.32 Å². The number of esters is 1. The molecule has 1 amide bonds. The normalized spacial score (nSPS) is 23.5. The lowest BCUT2D eigenvalue weighted by Gasteiger charge is -2.43. The van der Waals surface area contributed by atoms with Crippen LogP contribution in [0.15, 0.2) is 0 Å². The summed E-state index contributed by atoms with van der Waals surface area (Å²) in [7, 11) is 1.35. The van der Waals surface area contributed by atoms with Gasteiger partial charge >= 0.3 is 12.1 Å². The Hall–Kier alpha value is -1.38. The molecule has 1 N–H and O–H groups in total. The van der Waals surface area contributed by atoms with E-state index in [1.807, 2.05) is 0 Å². The van der Waals surface area contributed by atoms with Crippen molar-refractivity contribution in [3.8, 4) is 0 Å². The third-order valence-electron chi connectivity index (χ3n) is 8.36. The first-order valence-corrected chi connectivity index (χ1v) is 16.1. The first-order chi connectivity index (χ1) is 19.3. The van der Waals surface area contributed by atoms with Crippen molar-refractivity contribution in [3.63, 3.8) is 0 Å². The van der Waals surface area contributed by atoms with Crippen LogP contribution in [0.25, 0.3) is 0 Å². The second-order valence-electron chi connectivity index (χ2n) is 11.8. The smallest absolute Gasteiger partial charge is 0.407 e. The highest BCUT2D eigenvalue weighted by Crippen LogP contribution is 2.35. The van der Waals surface area contributed by atoms with Crippen molar-refractivity contribution in [2.75, 3.05) is 33.5 Å². The Balaban J connectivity index is 2.23. The van der Waals surface area contributed by atoms with Crippen LogP contribution >= 0.6 is 0 Å². The number of unbranched alkanes of at least 4 members (excludes halogenated alkanes) is 13. The molecule has 1 aliphatic rings. The fourth-order valence-corrected chi connectivity index (χ4v) is 5.26. The highest BCUT2D eigenvalue weighted by atomic mass is 16.7. The van der Waals surface area contributed by atoms with E-state index in [0.717, 1.165) is 12.8 Å². The summed E-state index contributed by atoms with van der Waals surface area (Å²) in [5.41, 5.74) is 0. The molecule has 1 heterocycles. The zero-order valence-corrected chi connectivity index (χ0v) is 26.5. The van der Waals surface area contributed by atoms with Gasteiger partial charge in [0.1, 0.15) is 6.61 Å². The van der Waals surface area contributed by atoms with Gasteiger partial charge in [-0.3, -0.25) is 4.79 Å². The van der Waals surface area contributed by atoms with E-state index in [1.54, 1.807) is 0 Å². The molecule has 236 valence electrons. The van der Waals surface area contributed by atoms with Crippen LogP contribution in [-0.4, -0.2) is 64.0 Å². The highest BCUT2D eigenvalue weighted by molar-refractivity contribution is 5.67. The minimum atomic E-state index is -0.513. The third-order valence-corrected chi connectivity index (χ3v) is 8.36. The lowest BCUT2D eigenvalue weighted by atomic mass is 9.79. The molecule has 0 saturated carbocycles. The van der Waals surface area contributed by atoms with Crippen molar-refractivity contribution in [1.82, 2.24) is 5.32 Å². The zero-order chi connectivity index (χ0) is 29.6. The number of carbonyl (C=O) groups is 2. The fraction of sp³-hybridized carbons (Fsp3) is 0.938. The molecule has 8 nitrogen and oxygen atoms in total. The maximum absolute atomic E-state index is 11.9. The van der Waals surface area contributed by atoms with Gasteiger partial charge in [-0.05, 0) is 18.3 Å². The summed E-state index contributed by atoms with van der Waals surface area (Å²) < 4.78 is 28.2. The van der Waals surface area contributed by atoms with Gasteiger partial charge in [0.25, 0.3) is 0 Å². The molecule has 6 atom stereocenters. The van der Waals surface area contributed by atoms with Crippen molar-refractivity contribution in [2.45, 2.75) is 143 Å². The van der Waals surface area contributed by atoms with E-state index in [1.165, 1.54) is 91.1 Å². The van der Waals surface area contributed by atoms with Gasteiger partial charge < -0.3 is 29.0 Å². The third kappa shape index (κ3) is 16.8. The predicted octanol–water partition coefficient (Wildman–Crippen LogP) is 7.42. The predicted molar refractivity (Wildman–Crippen MR) is 159 cm³/mol. The van der Waals surface area contributed by atoms with Crippen molar-refractivity contribution in [3.05, 3.63) is 0 Å². The molecule has 3 unspecified atom stereocenters. The molecule has 0 radical (unpaired) electrons. The molecule has 1 saturated heterocycles. The molecule has 40 heavy (non-hydrogen) atoms. The number of ether oxygens (including phenoxy) is 5. The van der Waals surface area contributed by atoms with Crippen LogP contribution in [0, 0.1) is 17.8 Å². The standard InChI is InChI=1S/C32H61NO7/c1-7-8-9-10-11-12-13-14-15-16-17-18-19-20-21-37-22-29(33-32(35)36-6)23-39-31-27(4)25(2)26(3)30(40-31)24-38-28(5)34/h25-27,29-31H,7-24H2,1-6H3,(H,33,35)/t25-,26-,27?,29?,30?,31+/m0/s1. The minimum Gasteiger partial charge on any atom is -0.463 e. The fourth-order valence-electron chi connectivity index (χ4n) is 5.26. The Bertz CT molecular complexity index is 647. The van der Waals surface area contributed by atoms with E-state index < -0.39 is 12.4 Å². The largest absolute Gasteiger partial charge is 0.463 e. The molecular weight excluding hydrogens is 510 g/mol. The number of hydrogen-bond donors (Lipinski definition) is 1. The summed E-state index contributed by atoms with van der Waals surface area (Å²) in [6, 6.07) is -0.350. The van der Waals surface area contributed by atoms with E-state index in [-0.39, 0.29) is 43.2 Å². The van der Waals surface area contributed by atoms with Gasteiger partial charge in [-0.15, -0.1) is 0 Å². The molecule has 0 aromatic carbocycles. The number of amides is 1. The minimum absolute atomic E-state index is 0.152. The molecule has 0 spiro atoms. The summed E-state index contributed by atoms with van der Waals surface area (Å²) in [6.45, 7) is 11.5. The Morgan fingerprint density at radius 1 is 0.775 bits per heavy atom. The van der Waals surface area contributed by atoms with E-state index in [0.29, 0.717) is 19.1 Å². The Morgan fingerprint density at radius 2 is 1.32 bits per heavy atom. The number of alkyl carbamates (subject to hydrolysis) is 1. The maximum Gasteiger partial charge on any atom is 0.407 e. The lowest BCUT2D eigenvalue weighted by molar-refractivity contribution is -0.257. The monoisotopic (exact) mass is 571 g/mol. The Morgan fingerprint density at radius 3 is 1.85 bits per heavy atom. The maximum atomic E-state index is 11.9. The van der Waals surface area contributed by atoms with Gasteiger partial charge in [0.15, 0.2) is 6.29 Å². The molecule has 0 aromatic rings. The van der Waals surface area contributed by atoms with E-state index in [9.17, 15) is 9.59 Å². The molecule has 1 aliphatic heterocycles. The number of nitrogens with one attached hydrogen (secondary N) is 1. The first kappa shape index (κ1) is 36.6. The van der Waals surface area contributed by atoms with Gasteiger partial charge in [0.2, 0.25) is 0 Å². The number of methoxy groups -OCH3 is 1. The second-order valence-corrected chi connectivity index (χ2v) is 11.8. The van der Waals surface area contributed by atoms with Crippen molar-refractivity contribution < 1.29 is 33.3 Å². The van der Waals surface area contributed by atoms with Gasteiger partial charge in [-0.25, -0.2) is 4.79 Å². The quantitative estimate of drug-likeness (QED) is 0.101. The van der Waals surface area contributed by atoms with Crippen molar-refractivity contribution >= 4 is 12.1 Å². The zero-order valence-electron chi connectivity index (χ0n) is 26.5. The summed E-state index contributed by atoms with van der Waals surface area (Å²) in [5, 5.41) is 2.81. The van der Waals surface area contributed by atoms with Gasteiger partial charge in [0, 0.05) is 19.4 Å². The van der Waals surface area contributed by atoms with Crippen LogP contribution in [0.3, 0.4) is 0 Å². The number of rotatable bonds is 23. The van der Waals surface area contributed by atoms with Crippen LogP contribution in [-0.2, 0) is 28.5 Å². The molecule has 1 rings (SSSR count). The van der Waals surface area contributed by atoms with Gasteiger partial charge in [0.05, 0.1) is 32.5 Å². The topological polar surface area (TPSA) is 92.3 Å². The number of hydrogen-bond acceptors (Lipinski definition) is 7. The van der Waals surface area contributed by atoms with Crippen LogP contribution in [0.5, 0.6) is 0 Å². The van der Waals surface area contributed by atoms with Crippen molar-refractivity contribution in [2.24, 2.45) is 17.8 Å². The summed E-state index contributed by atoms with van der Waals surface area (Å²) in [6.07, 6.45) is 17.3. The molecule has 0 aliphatic carbocycles. The summed E-state index contributed by atoms with van der Waals surface area (Å²) in [4.78, 5) is 23.2. The number of carbonyl (C=O) groups excluding carboxylic acids is 2. The summed E-state index contributed by atoms with van der Waals surface area (Å²) >= 11 is 0. The first-order valence-electron chi connectivity index (χ1n) is 16.1. The molecule has 8 heteroatoms. The SMILES string of the molecule is CCCCCCCCCCCCCCCCOCC(CO[C@@H]1OC(COC(C)=O)[C@@H](C)[C@H](C)C1C)NC(=O)OC. The van der Waals surface area contributed by atoms with Gasteiger partial charge in [-0.2, -0.15) is 0 Å². The van der Waals surface area contributed by atoms with E-state index >= 15 is 0 Å². The van der Waals surface area contributed by atoms with E-state index in [4.69, 9.17) is 23.7 Å². The lowest BCUT2D eigenvalue weighted by Crippen LogP contribution is -2.50. The van der Waals surface area contributed by atoms with E-state index in [2.05, 4.69) is 33.0 Å². The van der Waals surface area contributed by atoms with Crippen LogP contribution in [0.1, 0.15) is 125 Å². The van der Waals surface area contributed by atoms with Crippen LogP contribution in [0.4, 0.5) is 4.79 Å². The summed E-state index contributed by atoms with van der Waals surface area (Å²) in [5.74, 6) is 0.381. The average molecular weight is 572 g/mol. The Labute approximate surface area is 244 Å². The molecule has 0 bridgehead atoms. The Kier molecular flexibility index (Phi) is 21.3. The molecular formula is C32H61NO7. The van der Waals surface area contributed by atoms with Crippen molar-refractivity contribution in [1.29, 1.82) is 0 Å².